The first kappa shape index (κ1) is 18.7. The van der Waals surface area contributed by atoms with Crippen molar-refractivity contribution in [1.29, 1.82) is 0 Å². The normalized spacial score (nSPS) is 22.0. The first-order valence-electron chi connectivity index (χ1n) is 9.45. The summed E-state index contributed by atoms with van der Waals surface area (Å²) in [6.07, 6.45) is 5.00. The molecule has 0 aliphatic carbocycles. The van der Waals surface area contributed by atoms with Gasteiger partial charge in [-0.15, -0.1) is 0 Å². The van der Waals surface area contributed by atoms with E-state index in [1.54, 1.807) is 7.11 Å². The maximum atomic E-state index is 10.5. The molecule has 1 saturated heterocycles. The van der Waals surface area contributed by atoms with Gasteiger partial charge < -0.3 is 20.1 Å². The first-order valence-corrected chi connectivity index (χ1v) is 9.45. The summed E-state index contributed by atoms with van der Waals surface area (Å²) in [7, 11) is 1.63. The number of aliphatic imine (C=N–C) groups is 1. The number of nitrogens with zero attached hydrogens (tertiary/aromatic N) is 3. The van der Waals surface area contributed by atoms with Crippen LogP contribution in [0.3, 0.4) is 0 Å². The molecular weight excluding hydrogens is 328 g/mol. The lowest BCUT2D eigenvalue weighted by atomic mass is 10.1. The number of methoxy groups -OCH3 is 1. The minimum atomic E-state index is -0.639. The summed E-state index contributed by atoms with van der Waals surface area (Å²) in [5, 5.41) is 13.9. The second-order valence-electron chi connectivity index (χ2n) is 6.80. The first-order chi connectivity index (χ1) is 12.7. The Balaban J connectivity index is 1.61. The van der Waals surface area contributed by atoms with E-state index in [4.69, 9.17) is 9.73 Å². The molecule has 2 aliphatic heterocycles. The van der Waals surface area contributed by atoms with Gasteiger partial charge in [0.2, 0.25) is 0 Å². The van der Waals surface area contributed by atoms with Crippen molar-refractivity contribution in [3.05, 3.63) is 42.0 Å². The molecule has 1 aromatic rings. The molecule has 2 heterocycles. The van der Waals surface area contributed by atoms with Crippen molar-refractivity contribution >= 4 is 5.96 Å². The predicted octanol–water partition coefficient (Wildman–Crippen LogP) is 1.64. The van der Waals surface area contributed by atoms with E-state index >= 15 is 0 Å². The van der Waals surface area contributed by atoms with Crippen molar-refractivity contribution in [1.82, 2.24) is 15.1 Å². The molecule has 2 unspecified atom stereocenters. The predicted molar refractivity (Wildman–Crippen MR) is 105 cm³/mol. The maximum absolute atomic E-state index is 10.5. The third-order valence-corrected chi connectivity index (χ3v) is 5.05. The number of nitrogens with one attached hydrogen (secondary N) is 1. The molecule has 26 heavy (non-hydrogen) atoms. The van der Waals surface area contributed by atoms with Gasteiger partial charge in [-0.25, -0.2) is 0 Å². The van der Waals surface area contributed by atoms with Crippen LogP contribution in [0, 0.1) is 0 Å². The molecule has 2 aliphatic rings. The molecule has 1 aromatic carbocycles. The van der Waals surface area contributed by atoms with Crippen LogP contribution in [0.2, 0.25) is 0 Å². The Morgan fingerprint density at radius 1 is 1.38 bits per heavy atom. The molecule has 0 aromatic heterocycles. The summed E-state index contributed by atoms with van der Waals surface area (Å²) in [6, 6.07) is 8.11. The zero-order valence-electron chi connectivity index (χ0n) is 15.8. The van der Waals surface area contributed by atoms with Crippen LogP contribution in [-0.2, 0) is 0 Å². The molecule has 3 rings (SSSR count). The van der Waals surface area contributed by atoms with Crippen LogP contribution in [0.5, 0.6) is 5.75 Å². The number of benzene rings is 1. The van der Waals surface area contributed by atoms with Gasteiger partial charge in [-0.2, -0.15) is 0 Å². The van der Waals surface area contributed by atoms with Crippen LogP contribution in [0.1, 0.15) is 25.0 Å². The topological polar surface area (TPSA) is 60.3 Å². The highest BCUT2D eigenvalue weighted by molar-refractivity contribution is 5.80. The van der Waals surface area contributed by atoms with E-state index in [1.165, 1.54) is 0 Å². The van der Waals surface area contributed by atoms with Crippen molar-refractivity contribution in [3.63, 3.8) is 0 Å². The van der Waals surface area contributed by atoms with Gasteiger partial charge in [-0.05, 0) is 31.0 Å². The van der Waals surface area contributed by atoms with E-state index in [-0.39, 0.29) is 0 Å². The lowest BCUT2D eigenvalue weighted by Crippen LogP contribution is -2.43. The number of guanidine groups is 1. The molecule has 2 atom stereocenters. The maximum Gasteiger partial charge on any atom is 0.194 e. The van der Waals surface area contributed by atoms with Gasteiger partial charge in [-0.3, -0.25) is 9.89 Å². The molecule has 0 saturated carbocycles. The highest BCUT2D eigenvalue weighted by atomic mass is 16.5. The van der Waals surface area contributed by atoms with Crippen molar-refractivity contribution in [2.75, 3.05) is 46.4 Å². The Kier molecular flexibility index (Phi) is 6.52. The van der Waals surface area contributed by atoms with Crippen molar-refractivity contribution in [2.45, 2.75) is 25.5 Å². The quantitative estimate of drug-likeness (QED) is 0.460. The summed E-state index contributed by atoms with van der Waals surface area (Å²) in [5.41, 5.74) is 0.825. The summed E-state index contributed by atoms with van der Waals surface area (Å²) < 4.78 is 5.23. The van der Waals surface area contributed by atoms with E-state index in [1.807, 2.05) is 24.3 Å². The molecule has 0 radical (unpaired) electrons. The minimum Gasteiger partial charge on any atom is -0.497 e. The third-order valence-electron chi connectivity index (χ3n) is 5.05. The second kappa shape index (κ2) is 9.05. The molecule has 0 amide bonds. The fraction of sp³-hybridized carbons (Fsp3) is 0.550. The summed E-state index contributed by atoms with van der Waals surface area (Å²) in [6.45, 7) is 7.33. The van der Waals surface area contributed by atoms with Crippen LogP contribution in [0.15, 0.2) is 41.4 Å². The standard InChI is InChI=1S/C20H30N4O2/c1-3-21-20(24-12-9-17(15-24)23-10-4-5-11-23)22-14-19(25)16-7-6-8-18(13-16)26-2/h4-8,13,17,19,25H,3,9-12,14-15H2,1-2H3,(H,21,22). The number of rotatable bonds is 6. The Morgan fingerprint density at radius 3 is 2.92 bits per heavy atom. The average Bonchev–Trinajstić information content (AvgIpc) is 3.36. The Morgan fingerprint density at radius 2 is 2.19 bits per heavy atom. The van der Waals surface area contributed by atoms with E-state index in [0.29, 0.717) is 12.6 Å². The van der Waals surface area contributed by atoms with Gasteiger partial charge in [0.15, 0.2) is 5.96 Å². The smallest absolute Gasteiger partial charge is 0.194 e. The van der Waals surface area contributed by atoms with Gasteiger partial charge in [0.1, 0.15) is 5.75 Å². The van der Waals surface area contributed by atoms with Gasteiger partial charge in [0.25, 0.3) is 0 Å². The monoisotopic (exact) mass is 358 g/mol. The van der Waals surface area contributed by atoms with Gasteiger partial charge in [0, 0.05) is 38.8 Å². The number of hydrogen-bond donors (Lipinski definition) is 2. The van der Waals surface area contributed by atoms with Crippen LogP contribution in [0.4, 0.5) is 0 Å². The average molecular weight is 358 g/mol. The Hall–Kier alpha value is -2.05. The molecule has 6 heteroatoms. The van der Waals surface area contributed by atoms with Crippen molar-refractivity contribution in [3.8, 4) is 5.75 Å². The lowest BCUT2D eigenvalue weighted by Gasteiger charge is -2.25. The number of ether oxygens (including phenoxy) is 1. The second-order valence-corrected chi connectivity index (χ2v) is 6.80. The largest absolute Gasteiger partial charge is 0.497 e. The minimum absolute atomic E-state index is 0.335. The molecule has 6 nitrogen and oxygen atoms in total. The Labute approximate surface area is 156 Å². The number of likely N-dealkylation sites (tertiary alicyclic amines) is 1. The summed E-state index contributed by atoms with van der Waals surface area (Å²) in [4.78, 5) is 9.51. The number of aliphatic hydroxyl groups is 1. The molecular formula is C20H30N4O2. The van der Waals surface area contributed by atoms with Crippen molar-refractivity contribution in [2.24, 2.45) is 4.99 Å². The zero-order chi connectivity index (χ0) is 18.4. The van der Waals surface area contributed by atoms with E-state index < -0.39 is 6.10 Å². The summed E-state index contributed by atoms with van der Waals surface area (Å²) in [5.74, 6) is 1.64. The van der Waals surface area contributed by atoms with E-state index in [0.717, 1.165) is 56.4 Å². The summed E-state index contributed by atoms with van der Waals surface area (Å²) >= 11 is 0. The van der Waals surface area contributed by atoms with Crippen LogP contribution in [-0.4, -0.2) is 73.3 Å². The van der Waals surface area contributed by atoms with Crippen LogP contribution < -0.4 is 10.1 Å². The van der Waals surface area contributed by atoms with E-state index in [2.05, 4.69) is 34.2 Å². The number of aliphatic hydroxyl groups excluding tert-OH is 1. The molecule has 142 valence electrons. The van der Waals surface area contributed by atoms with Gasteiger partial charge in [-0.1, -0.05) is 24.3 Å². The fourth-order valence-corrected chi connectivity index (χ4v) is 3.58. The van der Waals surface area contributed by atoms with E-state index in [9.17, 15) is 5.11 Å². The number of hydrogen-bond acceptors (Lipinski definition) is 4. The lowest BCUT2D eigenvalue weighted by molar-refractivity contribution is 0.186. The molecule has 0 spiro atoms. The fourth-order valence-electron chi connectivity index (χ4n) is 3.58. The van der Waals surface area contributed by atoms with Gasteiger partial charge in [0.05, 0.1) is 19.8 Å². The third kappa shape index (κ3) is 4.56. The molecule has 1 fully saturated rings. The van der Waals surface area contributed by atoms with Crippen LogP contribution >= 0.6 is 0 Å². The highest BCUT2D eigenvalue weighted by Crippen LogP contribution is 2.20. The molecule has 0 bridgehead atoms. The SMILES string of the molecule is CCNC(=NCC(O)c1cccc(OC)c1)N1CCC(N2CC=CC2)C1. The van der Waals surface area contributed by atoms with Gasteiger partial charge >= 0.3 is 0 Å². The van der Waals surface area contributed by atoms with Crippen LogP contribution in [0.25, 0.3) is 0 Å². The molecule has 2 N–H and O–H groups in total. The Bertz CT molecular complexity index is 638. The zero-order valence-corrected chi connectivity index (χ0v) is 15.8. The highest BCUT2D eigenvalue weighted by Gasteiger charge is 2.29. The van der Waals surface area contributed by atoms with Crippen molar-refractivity contribution < 1.29 is 9.84 Å².